The Morgan fingerprint density at radius 3 is 2.60 bits per heavy atom. The van der Waals surface area contributed by atoms with Crippen LogP contribution in [0.4, 0.5) is 0 Å². The number of benzene rings is 1. The van der Waals surface area contributed by atoms with E-state index in [1.165, 1.54) is 43.9 Å². The summed E-state index contributed by atoms with van der Waals surface area (Å²) in [7, 11) is -3.52. The second-order valence-corrected chi connectivity index (χ2v) is 7.42. The summed E-state index contributed by atoms with van der Waals surface area (Å²) in [6.07, 6.45) is 5.82. The number of hydrogen-bond donors (Lipinski definition) is 2. The van der Waals surface area contributed by atoms with Crippen molar-refractivity contribution in [1.29, 1.82) is 0 Å². The second-order valence-electron chi connectivity index (χ2n) is 5.25. The standard InChI is InChI=1S/C14H20ClNO3S/c15-14-9-13(6-5-12(14)10-17)20(18,19)16-8-7-11-3-1-2-4-11/h5-6,9,11,16-17H,1-4,7-8,10H2. The van der Waals surface area contributed by atoms with Crippen LogP contribution in [0.2, 0.25) is 5.02 Å². The molecule has 0 unspecified atom stereocenters. The topological polar surface area (TPSA) is 66.4 Å². The average molecular weight is 318 g/mol. The smallest absolute Gasteiger partial charge is 0.240 e. The quantitative estimate of drug-likeness (QED) is 0.847. The summed E-state index contributed by atoms with van der Waals surface area (Å²) in [5, 5.41) is 9.29. The van der Waals surface area contributed by atoms with Gasteiger partial charge in [0.2, 0.25) is 10.0 Å². The lowest BCUT2D eigenvalue weighted by Gasteiger charge is -2.11. The summed E-state index contributed by atoms with van der Waals surface area (Å²) in [6, 6.07) is 4.38. The average Bonchev–Trinajstić information content (AvgIpc) is 2.91. The molecule has 2 N–H and O–H groups in total. The Balaban J connectivity index is 1.96. The van der Waals surface area contributed by atoms with Crippen molar-refractivity contribution in [2.24, 2.45) is 5.92 Å². The predicted octanol–water partition coefficient (Wildman–Crippen LogP) is 2.69. The van der Waals surface area contributed by atoms with Crippen LogP contribution in [0.3, 0.4) is 0 Å². The maximum absolute atomic E-state index is 12.1. The lowest BCUT2D eigenvalue weighted by Crippen LogP contribution is -2.26. The summed E-state index contributed by atoms with van der Waals surface area (Å²) in [5.74, 6) is 0.651. The van der Waals surface area contributed by atoms with Crippen molar-refractivity contribution in [1.82, 2.24) is 4.72 Å². The minimum Gasteiger partial charge on any atom is -0.392 e. The molecule has 0 heterocycles. The molecule has 1 aliphatic carbocycles. The lowest BCUT2D eigenvalue weighted by atomic mass is 10.1. The lowest BCUT2D eigenvalue weighted by molar-refractivity contribution is 0.282. The Kier molecular flexibility index (Phi) is 5.43. The highest BCUT2D eigenvalue weighted by Gasteiger charge is 2.18. The fourth-order valence-electron chi connectivity index (χ4n) is 2.60. The molecule has 0 spiro atoms. The van der Waals surface area contributed by atoms with E-state index in [-0.39, 0.29) is 16.5 Å². The molecule has 0 aromatic heterocycles. The van der Waals surface area contributed by atoms with E-state index in [0.717, 1.165) is 6.42 Å². The minimum atomic E-state index is -3.52. The minimum absolute atomic E-state index is 0.145. The summed E-state index contributed by atoms with van der Waals surface area (Å²) < 4.78 is 26.9. The number of aliphatic hydroxyl groups is 1. The fraction of sp³-hybridized carbons (Fsp3) is 0.571. The molecular weight excluding hydrogens is 298 g/mol. The second kappa shape index (κ2) is 6.89. The number of hydrogen-bond acceptors (Lipinski definition) is 3. The van der Waals surface area contributed by atoms with Crippen LogP contribution in [0.25, 0.3) is 0 Å². The molecule has 0 amide bonds. The predicted molar refractivity (Wildman–Crippen MR) is 79.1 cm³/mol. The van der Waals surface area contributed by atoms with Gasteiger partial charge in [0.25, 0.3) is 0 Å². The zero-order valence-electron chi connectivity index (χ0n) is 11.3. The molecule has 2 rings (SSSR count). The van der Waals surface area contributed by atoms with Crippen LogP contribution >= 0.6 is 11.6 Å². The zero-order valence-corrected chi connectivity index (χ0v) is 12.9. The van der Waals surface area contributed by atoms with Crippen molar-refractivity contribution in [2.75, 3.05) is 6.54 Å². The Labute approximate surface area is 125 Å². The Hall–Kier alpha value is -0.620. The first-order chi connectivity index (χ1) is 9.53. The van der Waals surface area contributed by atoms with Crippen LogP contribution in [-0.2, 0) is 16.6 Å². The van der Waals surface area contributed by atoms with Gasteiger partial charge in [0.1, 0.15) is 0 Å². The van der Waals surface area contributed by atoms with Crippen LogP contribution in [-0.4, -0.2) is 20.1 Å². The first-order valence-corrected chi connectivity index (χ1v) is 8.78. The van der Waals surface area contributed by atoms with Crippen molar-refractivity contribution in [3.63, 3.8) is 0 Å². The number of rotatable bonds is 6. The van der Waals surface area contributed by atoms with Crippen LogP contribution in [0.1, 0.15) is 37.7 Å². The van der Waals surface area contributed by atoms with Crippen molar-refractivity contribution in [3.8, 4) is 0 Å². The molecule has 1 aliphatic rings. The highest BCUT2D eigenvalue weighted by Crippen LogP contribution is 2.27. The molecule has 0 saturated heterocycles. The normalized spacial score (nSPS) is 16.7. The Bertz CT molecular complexity index is 554. The molecule has 4 nitrogen and oxygen atoms in total. The van der Waals surface area contributed by atoms with Gasteiger partial charge < -0.3 is 5.11 Å². The molecule has 20 heavy (non-hydrogen) atoms. The first kappa shape index (κ1) is 15.8. The van der Waals surface area contributed by atoms with Gasteiger partial charge in [-0.25, -0.2) is 13.1 Å². The highest BCUT2D eigenvalue weighted by atomic mass is 35.5. The molecule has 0 aliphatic heterocycles. The number of nitrogens with one attached hydrogen (secondary N) is 1. The van der Waals surface area contributed by atoms with Gasteiger partial charge in [-0.1, -0.05) is 43.4 Å². The highest BCUT2D eigenvalue weighted by molar-refractivity contribution is 7.89. The maximum Gasteiger partial charge on any atom is 0.240 e. The molecule has 0 bridgehead atoms. The van der Waals surface area contributed by atoms with Crippen LogP contribution < -0.4 is 4.72 Å². The Morgan fingerprint density at radius 2 is 2.00 bits per heavy atom. The number of aliphatic hydroxyl groups excluding tert-OH is 1. The van der Waals surface area contributed by atoms with Crippen LogP contribution in [0, 0.1) is 5.92 Å². The molecule has 1 fully saturated rings. The molecular formula is C14H20ClNO3S. The van der Waals surface area contributed by atoms with Gasteiger partial charge in [-0.05, 0) is 30.0 Å². The van der Waals surface area contributed by atoms with E-state index < -0.39 is 10.0 Å². The van der Waals surface area contributed by atoms with E-state index in [0.29, 0.717) is 18.0 Å². The summed E-state index contributed by atoms with van der Waals surface area (Å²) >= 11 is 5.92. The monoisotopic (exact) mass is 317 g/mol. The van der Waals surface area contributed by atoms with Crippen molar-refractivity contribution < 1.29 is 13.5 Å². The van der Waals surface area contributed by atoms with E-state index in [1.807, 2.05) is 0 Å². The van der Waals surface area contributed by atoms with E-state index in [1.54, 1.807) is 0 Å². The molecule has 1 saturated carbocycles. The van der Waals surface area contributed by atoms with Gasteiger partial charge >= 0.3 is 0 Å². The largest absolute Gasteiger partial charge is 0.392 e. The van der Waals surface area contributed by atoms with E-state index in [9.17, 15) is 8.42 Å². The van der Waals surface area contributed by atoms with Crippen LogP contribution in [0.5, 0.6) is 0 Å². The third-order valence-corrected chi connectivity index (χ3v) is 5.64. The molecule has 0 atom stereocenters. The first-order valence-electron chi connectivity index (χ1n) is 6.92. The molecule has 112 valence electrons. The summed E-state index contributed by atoms with van der Waals surface area (Å²) in [5.41, 5.74) is 0.525. The van der Waals surface area contributed by atoms with Gasteiger partial charge in [-0.3, -0.25) is 0 Å². The number of halogens is 1. The summed E-state index contributed by atoms with van der Waals surface area (Å²) in [4.78, 5) is 0.145. The van der Waals surface area contributed by atoms with Gasteiger partial charge in [-0.2, -0.15) is 0 Å². The maximum atomic E-state index is 12.1. The van der Waals surface area contributed by atoms with E-state index in [2.05, 4.69) is 4.72 Å². The third-order valence-electron chi connectivity index (χ3n) is 3.82. The van der Waals surface area contributed by atoms with Crippen molar-refractivity contribution in [2.45, 2.75) is 43.6 Å². The SMILES string of the molecule is O=S(=O)(NCCC1CCCC1)c1ccc(CO)c(Cl)c1. The number of sulfonamides is 1. The van der Waals surface area contributed by atoms with Gasteiger partial charge in [0, 0.05) is 11.6 Å². The molecule has 0 radical (unpaired) electrons. The van der Waals surface area contributed by atoms with E-state index >= 15 is 0 Å². The van der Waals surface area contributed by atoms with Gasteiger partial charge in [0.15, 0.2) is 0 Å². The molecule has 1 aromatic rings. The van der Waals surface area contributed by atoms with Crippen molar-refractivity contribution in [3.05, 3.63) is 28.8 Å². The fourth-order valence-corrected chi connectivity index (χ4v) is 3.98. The molecule has 6 heteroatoms. The summed E-state index contributed by atoms with van der Waals surface area (Å²) in [6.45, 7) is 0.265. The van der Waals surface area contributed by atoms with Crippen molar-refractivity contribution >= 4 is 21.6 Å². The zero-order chi connectivity index (χ0) is 14.6. The van der Waals surface area contributed by atoms with E-state index in [4.69, 9.17) is 16.7 Å². The third kappa shape index (κ3) is 3.95. The van der Waals surface area contributed by atoms with Crippen LogP contribution in [0.15, 0.2) is 23.1 Å². The van der Waals surface area contributed by atoms with Gasteiger partial charge in [-0.15, -0.1) is 0 Å². The van der Waals surface area contributed by atoms with Gasteiger partial charge in [0.05, 0.1) is 11.5 Å². The molecule has 1 aromatic carbocycles. The Morgan fingerprint density at radius 1 is 1.30 bits per heavy atom.